The van der Waals surface area contributed by atoms with Gasteiger partial charge in [0.05, 0.1) is 20.4 Å². The van der Waals surface area contributed by atoms with Crippen molar-refractivity contribution < 1.29 is 14.4 Å². The van der Waals surface area contributed by atoms with E-state index in [9.17, 15) is 14.4 Å². The molecule has 0 saturated carbocycles. The molecule has 38 heavy (non-hydrogen) atoms. The Hall–Kier alpha value is -3.04. The molecule has 2 aliphatic heterocycles. The van der Waals surface area contributed by atoms with E-state index in [0.717, 1.165) is 35.3 Å². The first-order valence-corrected chi connectivity index (χ1v) is 14.4. The average Bonchev–Trinajstić information content (AvgIpc) is 3.27. The number of nitrogens with zero attached hydrogens (tertiary/aromatic N) is 2. The minimum atomic E-state index is -0.634. The van der Waals surface area contributed by atoms with Crippen molar-refractivity contribution in [2.75, 3.05) is 19.6 Å². The monoisotopic (exact) mass is 636 g/mol. The lowest BCUT2D eigenvalue weighted by Crippen LogP contribution is -2.45. The molecular weight excluding hydrogens is 612 g/mol. The van der Waals surface area contributed by atoms with Crippen molar-refractivity contribution in [2.24, 2.45) is 10.4 Å². The van der Waals surface area contributed by atoms with Crippen LogP contribution in [0.3, 0.4) is 0 Å². The van der Waals surface area contributed by atoms with Crippen LogP contribution in [0.2, 0.25) is 0 Å². The Kier molecular flexibility index (Phi) is 6.60. The van der Waals surface area contributed by atoms with Crippen LogP contribution in [-0.4, -0.2) is 47.4 Å². The van der Waals surface area contributed by atoms with Crippen molar-refractivity contribution >= 4 is 55.0 Å². The lowest BCUT2D eigenvalue weighted by Gasteiger charge is -2.41. The molecule has 3 heterocycles. The Balaban J connectivity index is 1.28. The summed E-state index contributed by atoms with van der Waals surface area (Å²) in [5.41, 5.74) is 5.07. The molecule has 194 valence electrons. The van der Waals surface area contributed by atoms with Crippen LogP contribution in [0.25, 0.3) is 0 Å². The zero-order valence-electron chi connectivity index (χ0n) is 20.7. The third-order valence-electron chi connectivity index (χ3n) is 7.60. The maximum atomic E-state index is 14.0. The standard InChI is InChI=1S/C29H26Br2N4O3/c30-19-13-29(14-20(31)27(19)37)9-12-34-25-23(29)24-22-18(8-11-33-24)15-35(26(22)28(25)38)16-21(36)32-10-4-7-17-5-2-1-3-6-17/h1-3,5-6,13-15,34H,4,7-12,16H2,(H,32,36). The zero-order valence-corrected chi connectivity index (χ0v) is 23.8. The number of benzene rings is 1. The Morgan fingerprint density at radius 3 is 2.63 bits per heavy atom. The highest BCUT2D eigenvalue weighted by atomic mass is 79.9. The average molecular weight is 638 g/mol. The van der Waals surface area contributed by atoms with Crippen LogP contribution < -0.4 is 10.6 Å². The maximum Gasteiger partial charge on any atom is 0.239 e. The molecule has 4 aliphatic rings. The number of nitrogens with one attached hydrogen (secondary N) is 2. The molecule has 6 rings (SSSR count). The van der Waals surface area contributed by atoms with Crippen LogP contribution in [-0.2, 0) is 29.0 Å². The summed E-state index contributed by atoms with van der Waals surface area (Å²) in [6.45, 7) is 1.83. The minimum Gasteiger partial charge on any atom is -0.381 e. The number of ketones is 2. The van der Waals surface area contributed by atoms with E-state index in [1.807, 2.05) is 36.5 Å². The van der Waals surface area contributed by atoms with Crippen molar-refractivity contribution in [3.8, 4) is 0 Å². The summed E-state index contributed by atoms with van der Waals surface area (Å²) in [4.78, 5) is 44.2. The summed E-state index contributed by atoms with van der Waals surface area (Å²) in [6, 6.07) is 10.2. The summed E-state index contributed by atoms with van der Waals surface area (Å²) in [5, 5.41) is 6.33. The Morgan fingerprint density at radius 2 is 1.87 bits per heavy atom. The van der Waals surface area contributed by atoms with E-state index in [0.29, 0.717) is 52.8 Å². The number of hydrogen-bond acceptors (Lipinski definition) is 5. The summed E-state index contributed by atoms with van der Waals surface area (Å²) in [5.74, 6) is -0.374. The van der Waals surface area contributed by atoms with Crippen LogP contribution in [0.15, 0.2) is 73.9 Å². The molecule has 0 bridgehead atoms. The van der Waals surface area contributed by atoms with E-state index in [-0.39, 0.29) is 24.0 Å². The molecule has 1 amide bonds. The topological polar surface area (TPSA) is 92.6 Å². The van der Waals surface area contributed by atoms with Gasteiger partial charge in [0.1, 0.15) is 12.2 Å². The number of amides is 1. The van der Waals surface area contributed by atoms with Crippen molar-refractivity contribution in [1.82, 2.24) is 15.2 Å². The first-order valence-electron chi connectivity index (χ1n) is 12.8. The summed E-state index contributed by atoms with van der Waals surface area (Å²) >= 11 is 6.87. The van der Waals surface area contributed by atoms with Crippen LogP contribution >= 0.6 is 31.9 Å². The fraction of sp³-hybridized carbons (Fsp3) is 0.310. The van der Waals surface area contributed by atoms with Gasteiger partial charge in [-0.1, -0.05) is 42.5 Å². The molecular formula is C29H26Br2N4O3. The van der Waals surface area contributed by atoms with E-state index >= 15 is 0 Å². The Labute approximate surface area is 237 Å². The molecule has 7 nitrogen and oxygen atoms in total. The van der Waals surface area contributed by atoms with E-state index in [1.54, 1.807) is 4.57 Å². The van der Waals surface area contributed by atoms with Crippen LogP contribution in [0.1, 0.15) is 40.0 Å². The van der Waals surface area contributed by atoms with Gasteiger partial charge in [0.2, 0.25) is 17.5 Å². The van der Waals surface area contributed by atoms with Crippen LogP contribution in [0.5, 0.6) is 0 Å². The van der Waals surface area contributed by atoms with Gasteiger partial charge in [-0.15, -0.1) is 0 Å². The largest absolute Gasteiger partial charge is 0.381 e. The molecule has 9 heteroatoms. The van der Waals surface area contributed by atoms with Crippen molar-refractivity contribution in [3.05, 3.63) is 91.3 Å². The van der Waals surface area contributed by atoms with Gasteiger partial charge in [-0.2, -0.15) is 0 Å². The van der Waals surface area contributed by atoms with Crippen LogP contribution in [0.4, 0.5) is 0 Å². The van der Waals surface area contributed by atoms with Gasteiger partial charge in [0, 0.05) is 42.4 Å². The summed E-state index contributed by atoms with van der Waals surface area (Å²) in [7, 11) is 0. The molecule has 1 aromatic heterocycles. The third kappa shape index (κ3) is 4.25. The second kappa shape index (κ2) is 9.93. The molecule has 0 fully saturated rings. The van der Waals surface area contributed by atoms with Crippen molar-refractivity contribution in [1.29, 1.82) is 0 Å². The molecule has 2 N–H and O–H groups in total. The van der Waals surface area contributed by atoms with Gasteiger partial charge in [-0.3, -0.25) is 19.4 Å². The highest BCUT2D eigenvalue weighted by molar-refractivity contribution is 9.13. The smallest absolute Gasteiger partial charge is 0.239 e. The minimum absolute atomic E-state index is 0.0752. The van der Waals surface area contributed by atoms with Gasteiger partial charge < -0.3 is 15.2 Å². The van der Waals surface area contributed by atoms with Crippen LogP contribution in [0, 0.1) is 5.41 Å². The zero-order chi connectivity index (χ0) is 26.4. The fourth-order valence-electron chi connectivity index (χ4n) is 5.90. The third-order valence-corrected chi connectivity index (χ3v) is 8.78. The number of fused-ring (bicyclic) bond motifs is 2. The first kappa shape index (κ1) is 25.2. The highest BCUT2D eigenvalue weighted by Gasteiger charge is 2.48. The molecule has 2 aliphatic carbocycles. The number of Topliss-reactive ketones (excluding diaryl/α,β-unsaturated/α-hetero) is 2. The second-order valence-electron chi connectivity index (χ2n) is 10.0. The predicted octanol–water partition coefficient (Wildman–Crippen LogP) is 4.15. The molecule has 2 aromatic rings. The first-order chi connectivity index (χ1) is 18.4. The number of carbonyl (C=O) groups excluding carboxylic acids is 3. The maximum absolute atomic E-state index is 14.0. The molecule has 1 aromatic carbocycles. The number of halogens is 2. The summed E-state index contributed by atoms with van der Waals surface area (Å²) < 4.78 is 2.73. The van der Waals surface area contributed by atoms with E-state index in [4.69, 9.17) is 4.99 Å². The number of aryl methyl sites for hydroxylation is 1. The molecule has 0 saturated heterocycles. The number of rotatable bonds is 6. The second-order valence-corrected chi connectivity index (χ2v) is 11.7. The van der Waals surface area contributed by atoms with E-state index < -0.39 is 5.41 Å². The fourth-order valence-corrected chi connectivity index (χ4v) is 7.41. The number of aliphatic imine (C=N–C) groups is 1. The number of allylic oxidation sites excluding steroid dienone is 6. The molecule has 0 radical (unpaired) electrons. The van der Waals surface area contributed by atoms with Gasteiger partial charge in [-0.05, 0) is 68.7 Å². The lowest BCUT2D eigenvalue weighted by molar-refractivity contribution is -0.121. The quantitative estimate of drug-likeness (QED) is 0.466. The molecule has 0 atom stereocenters. The number of carbonyl (C=O) groups is 3. The Bertz CT molecular complexity index is 1470. The van der Waals surface area contributed by atoms with Gasteiger partial charge in [0.15, 0.2) is 0 Å². The van der Waals surface area contributed by atoms with Gasteiger partial charge in [0.25, 0.3) is 0 Å². The lowest BCUT2D eigenvalue weighted by atomic mass is 9.66. The number of hydrogen-bond donors (Lipinski definition) is 2. The summed E-state index contributed by atoms with van der Waals surface area (Å²) in [6.07, 6.45) is 8.90. The van der Waals surface area contributed by atoms with Gasteiger partial charge >= 0.3 is 0 Å². The van der Waals surface area contributed by atoms with E-state index in [1.165, 1.54) is 5.56 Å². The normalized spacial score (nSPS) is 19.3. The Morgan fingerprint density at radius 1 is 1.11 bits per heavy atom. The van der Waals surface area contributed by atoms with Gasteiger partial charge in [-0.25, -0.2) is 0 Å². The van der Waals surface area contributed by atoms with Crippen molar-refractivity contribution in [2.45, 2.75) is 32.2 Å². The highest BCUT2D eigenvalue weighted by Crippen LogP contribution is 2.49. The SMILES string of the molecule is O=C(Cn1cc2c3c1C(=O)C1=C(C3=NCC2)C2(C=C(Br)C(=O)C(Br)=C2)CCN1)NCCCc1ccccc1. The van der Waals surface area contributed by atoms with E-state index in [2.05, 4.69) is 54.6 Å². The molecule has 0 unspecified atom stereocenters. The number of aromatic nitrogens is 1. The predicted molar refractivity (Wildman–Crippen MR) is 153 cm³/mol. The van der Waals surface area contributed by atoms with Crippen molar-refractivity contribution in [3.63, 3.8) is 0 Å². The molecule has 1 spiro atoms.